The summed E-state index contributed by atoms with van der Waals surface area (Å²) in [7, 11) is 0. The second-order valence-corrected chi connectivity index (χ2v) is 6.05. The minimum absolute atomic E-state index is 0.0232. The van der Waals surface area contributed by atoms with Gasteiger partial charge in [0.2, 0.25) is 0 Å². The summed E-state index contributed by atoms with van der Waals surface area (Å²) in [5.74, 6) is -0.361. The van der Waals surface area contributed by atoms with E-state index in [4.69, 9.17) is 0 Å². The van der Waals surface area contributed by atoms with Crippen molar-refractivity contribution in [1.29, 1.82) is 0 Å². The summed E-state index contributed by atoms with van der Waals surface area (Å²) in [5, 5.41) is 23.5. The number of hydrazone groups is 1. The number of aryl methyl sites for hydroxylation is 1. The largest absolute Gasteiger partial charge is 0.508 e. The van der Waals surface area contributed by atoms with Crippen LogP contribution >= 0.6 is 22.6 Å². The van der Waals surface area contributed by atoms with Gasteiger partial charge in [-0.25, -0.2) is 5.43 Å². The molecule has 0 saturated carbocycles. The molecule has 0 aromatic heterocycles. The fraction of sp³-hybridized carbons (Fsp3) is 0.125. The van der Waals surface area contributed by atoms with Gasteiger partial charge in [-0.15, -0.1) is 0 Å². The van der Waals surface area contributed by atoms with E-state index < -0.39 is 0 Å². The predicted molar refractivity (Wildman–Crippen MR) is 93.5 cm³/mol. The Morgan fingerprint density at radius 1 is 1.23 bits per heavy atom. The molecule has 6 heteroatoms. The van der Waals surface area contributed by atoms with Crippen LogP contribution in [0.2, 0.25) is 0 Å². The van der Waals surface area contributed by atoms with Crippen molar-refractivity contribution in [2.45, 2.75) is 13.8 Å². The quantitative estimate of drug-likeness (QED) is 0.413. The minimum Gasteiger partial charge on any atom is -0.508 e. The maximum Gasteiger partial charge on any atom is 0.271 e. The molecule has 1 amide bonds. The molecule has 0 heterocycles. The van der Waals surface area contributed by atoms with Crippen LogP contribution in [0.4, 0.5) is 0 Å². The zero-order valence-electron chi connectivity index (χ0n) is 12.1. The van der Waals surface area contributed by atoms with Gasteiger partial charge in [-0.1, -0.05) is 0 Å². The van der Waals surface area contributed by atoms with E-state index in [1.54, 1.807) is 26.0 Å². The van der Waals surface area contributed by atoms with Crippen LogP contribution in [0.15, 0.2) is 35.4 Å². The zero-order valence-corrected chi connectivity index (χ0v) is 14.2. The zero-order chi connectivity index (χ0) is 16.3. The van der Waals surface area contributed by atoms with E-state index in [-0.39, 0.29) is 17.4 Å². The summed E-state index contributed by atoms with van der Waals surface area (Å²) in [6.07, 6.45) is 1.36. The molecule has 3 N–H and O–H groups in total. The highest BCUT2D eigenvalue weighted by molar-refractivity contribution is 14.1. The number of phenols is 2. The summed E-state index contributed by atoms with van der Waals surface area (Å²) in [6.45, 7) is 3.34. The van der Waals surface area contributed by atoms with Crippen molar-refractivity contribution < 1.29 is 15.0 Å². The van der Waals surface area contributed by atoms with Gasteiger partial charge in [0.05, 0.1) is 6.21 Å². The van der Waals surface area contributed by atoms with Crippen LogP contribution in [0.3, 0.4) is 0 Å². The second kappa shape index (κ2) is 6.78. The smallest absolute Gasteiger partial charge is 0.271 e. The van der Waals surface area contributed by atoms with Crippen LogP contribution in [0.25, 0.3) is 0 Å². The summed E-state index contributed by atoms with van der Waals surface area (Å²) < 4.78 is 1.04. The van der Waals surface area contributed by atoms with Crippen molar-refractivity contribution in [3.05, 3.63) is 56.2 Å². The highest BCUT2D eigenvalue weighted by Gasteiger charge is 2.10. The maximum absolute atomic E-state index is 11.9. The SMILES string of the molecule is Cc1cc(O)c(C)c(O)c1C=NNC(=O)c1ccc(I)cc1. The maximum atomic E-state index is 11.9. The molecule has 0 atom stereocenters. The van der Waals surface area contributed by atoms with Gasteiger partial charge in [-0.05, 0) is 72.3 Å². The van der Waals surface area contributed by atoms with E-state index >= 15 is 0 Å². The number of phenolic OH excluding ortho intramolecular Hbond substituents is 2. The molecule has 0 aliphatic heterocycles. The lowest BCUT2D eigenvalue weighted by atomic mass is 10.0. The first-order valence-electron chi connectivity index (χ1n) is 6.51. The third-order valence-corrected chi connectivity index (χ3v) is 3.96. The van der Waals surface area contributed by atoms with Crippen LogP contribution in [0.1, 0.15) is 27.0 Å². The topological polar surface area (TPSA) is 81.9 Å². The average Bonchev–Trinajstić information content (AvgIpc) is 2.49. The van der Waals surface area contributed by atoms with E-state index in [0.29, 0.717) is 22.3 Å². The van der Waals surface area contributed by atoms with Gasteiger partial charge in [0.1, 0.15) is 11.5 Å². The van der Waals surface area contributed by atoms with E-state index in [2.05, 4.69) is 33.1 Å². The molecule has 2 aromatic rings. The van der Waals surface area contributed by atoms with Gasteiger partial charge >= 0.3 is 0 Å². The number of hydrogen-bond acceptors (Lipinski definition) is 4. The molecule has 0 bridgehead atoms. The highest BCUT2D eigenvalue weighted by atomic mass is 127. The molecule has 0 aliphatic rings. The number of amides is 1. The average molecular weight is 410 g/mol. The van der Waals surface area contributed by atoms with Crippen LogP contribution in [0, 0.1) is 17.4 Å². The van der Waals surface area contributed by atoms with E-state index in [1.807, 2.05) is 12.1 Å². The van der Waals surface area contributed by atoms with Gasteiger partial charge in [0.25, 0.3) is 5.91 Å². The Bertz CT molecular complexity index is 740. The lowest BCUT2D eigenvalue weighted by molar-refractivity contribution is 0.0955. The van der Waals surface area contributed by atoms with Crippen molar-refractivity contribution in [2.75, 3.05) is 0 Å². The molecular formula is C16H15IN2O3. The summed E-state index contributed by atoms with van der Waals surface area (Å²) >= 11 is 2.16. The Labute approximate surface area is 141 Å². The van der Waals surface area contributed by atoms with Gasteiger partial charge in [-0.2, -0.15) is 5.10 Å². The highest BCUT2D eigenvalue weighted by Crippen LogP contribution is 2.31. The first-order valence-corrected chi connectivity index (χ1v) is 7.59. The second-order valence-electron chi connectivity index (χ2n) is 4.81. The number of halogens is 1. The molecule has 0 radical (unpaired) electrons. The molecule has 0 unspecified atom stereocenters. The van der Waals surface area contributed by atoms with Crippen LogP contribution in [0.5, 0.6) is 11.5 Å². The van der Waals surface area contributed by atoms with Crippen molar-refractivity contribution in [3.8, 4) is 11.5 Å². The third-order valence-electron chi connectivity index (χ3n) is 3.24. The Morgan fingerprint density at radius 2 is 1.86 bits per heavy atom. The fourth-order valence-corrected chi connectivity index (χ4v) is 2.24. The summed E-state index contributed by atoms with van der Waals surface area (Å²) in [5.41, 5.74) is 4.40. The van der Waals surface area contributed by atoms with Crippen molar-refractivity contribution in [2.24, 2.45) is 5.10 Å². The molecule has 2 rings (SSSR count). The molecule has 0 saturated heterocycles. The molecular weight excluding hydrogens is 395 g/mol. The standard InChI is InChI=1S/C16H15IN2O3/c1-9-7-14(20)10(2)15(21)13(9)8-18-19-16(22)11-3-5-12(17)6-4-11/h3-8,20-21H,1-2H3,(H,19,22). The third kappa shape index (κ3) is 3.56. The van der Waals surface area contributed by atoms with Crippen molar-refractivity contribution in [1.82, 2.24) is 5.43 Å². The number of nitrogens with one attached hydrogen (secondary N) is 1. The Kier molecular flexibility index (Phi) is 5.02. The molecule has 5 nitrogen and oxygen atoms in total. The van der Waals surface area contributed by atoms with Gasteiger partial charge in [0, 0.05) is 20.3 Å². The van der Waals surface area contributed by atoms with Crippen LogP contribution in [-0.4, -0.2) is 22.3 Å². The van der Waals surface area contributed by atoms with Gasteiger partial charge < -0.3 is 10.2 Å². The molecule has 0 spiro atoms. The Morgan fingerprint density at radius 3 is 2.50 bits per heavy atom. The molecule has 114 valence electrons. The number of nitrogens with zero attached hydrogens (tertiary/aromatic N) is 1. The lowest BCUT2D eigenvalue weighted by Crippen LogP contribution is -2.17. The van der Waals surface area contributed by atoms with Crippen molar-refractivity contribution in [3.63, 3.8) is 0 Å². The van der Waals surface area contributed by atoms with E-state index in [0.717, 1.165) is 3.57 Å². The molecule has 2 aromatic carbocycles. The Hall–Kier alpha value is -2.09. The number of carbonyl (C=O) groups excluding carboxylic acids is 1. The fourth-order valence-electron chi connectivity index (χ4n) is 1.89. The van der Waals surface area contributed by atoms with Gasteiger partial charge in [0.15, 0.2) is 0 Å². The van der Waals surface area contributed by atoms with E-state index in [1.165, 1.54) is 12.3 Å². The lowest BCUT2D eigenvalue weighted by Gasteiger charge is -2.08. The first-order chi connectivity index (χ1) is 10.4. The number of rotatable bonds is 3. The number of aromatic hydroxyl groups is 2. The monoisotopic (exact) mass is 410 g/mol. The van der Waals surface area contributed by atoms with E-state index in [9.17, 15) is 15.0 Å². The molecule has 0 fully saturated rings. The summed E-state index contributed by atoms with van der Waals surface area (Å²) in [6, 6.07) is 8.62. The number of hydrogen-bond donors (Lipinski definition) is 3. The van der Waals surface area contributed by atoms with Gasteiger partial charge in [-0.3, -0.25) is 4.79 Å². The van der Waals surface area contributed by atoms with Crippen molar-refractivity contribution >= 4 is 34.7 Å². The minimum atomic E-state index is -0.333. The number of benzene rings is 2. The normalized spacial score (nSPS) is 10.9. The Balaban J connectivity index is 2.15. The molecule has 0 aliphatic carbocycles. The molecule has 22 heavy (non-hydrogen) atoms. The summed E-state index contributed by atoms with van der Waals surface area (Å²) in [4.78, 5) is 11.9. The van der Waals surface area contributed by atoms with Crippen LogP contribution < -0.4 is 5.43 Å². The van der Waals surface area contributed by atoms with Crippen LogP contribution in [-0.2, 0) is 0 Å². The number of carbonyl (C=O) groups is 1. The first kappa shape index (κ1) is 16.3. The predicted octanol–water partition coefficient (Wildman–Crippen LogP) is 3.08.